The minimum absolute atomic E-state index is 0.263. The van der Waals surface area contributed by atoms with Crippen molar-refractivity contribution in [2.75, 3.05) is 11.9 Å². The Bertz CT molecular complexity index is 1310. The second-order valence-corrected chi connectivity index (χ2v) is 10.2. The third-order valence-electron chi connectivity index (χ3n) is 6.63. The fourth-order valence-corrected chi connectivity index (χ4v) is 5.29. The average molecular weight is 514 g/mol. The second kappa shape index (κ2) is 12.1. The number of carbonyl (C=O) groups is 1. The number of hydrogen-bond donors (Lipinski definition) is 1. The number of thioether (sulfide) groups is 1. The van der Waals surface area contributed by atoms with Gasteiger partial charge in [-0.25, -0.2) is 9.97 Å². The molecule has 1 amide bonds. The van der Waals surface area contributed by atoms with Crippen molar-refractivity contribution in [1.29, 1.82) is 0 Å². The summed E-state index contributed by atoms with van der Waals surface area (Å²) in [5.74, 6) is 2.18. The van der Waals surface area contributed by atoms with E-state index in [2.05, 4.69) is 40.4 Å². The van der Waals surface area contributed by atoms with Gasteiger partial charge in [0.1, 0.15) is 11.6 Å². The number of carbonyl (C=O) groups excluding carboxylic acids is 1. The molecule has 1 aliphatic carbocycles. The maximum atomic E-state index is 12.5. The molecule has 3 aromatic heterocycles. The van der Waals surface area contributed by atoms with Gasteiger partial charge in [-0.05, 0) is 37.1 Å². The van der Waals surface area contributed by atoms with Gasteiger partial charge in [0.2, 0.25) is 0 Å². The van der Waals surface area contributed by atoms with Crippen molar-refractivity contribution in [2.24, 2.45) is 0 Å². The minimum Gasteiger partial charge on any atom is -0.455 e. The van der Waals surface area contributed by atoms with E-state index in [0.29, 0.717) is 29.3 Å². The Morgan fingerprint density at radius 1 is 1.03 bits per heavy atom. The van der Waals surface area contributed by atoms with Gasteiger partial charge in [-0.1, -0.05) is 67.4 Å². The summed E-state index contributed by atoms with van der Waals surface area (Å²) < 4.78 is 5.82. The van der Waals surface area contributed by atoms with Gasteiger partial charge in [-0.2, -0.15) is 0 Å². The number of nitrogens with one attached hydrogen (secondary N) is 1. The molecule has 1 fully saturated rings. The van der Waals surface area contributed by atoms with Crippen LogP contribution in [0.5, 0.6) is 0 Å². The second-order valence-electron chi connectivity index (χ2n) is 9.22. The first kappa shape index (κ1) is 25.0. The molecule has 0 radical (unpaired) electrons. The van der Waals surface area contributed by atoms with E-state index in [1.165, 1.54) is 43.9 Å². The maximum absolute atomic E-state index is 12.5. The van der Waals surface area contributed by atoms with Crippen molar-refractivity contribution in [3.8, 4) is 11.3 Å². The summed E-state index contributed by atoms with van der Waals surface area (Å²) in [6.45, 7) is 0.349. The third-order valence-corrected chi connectivity index (χ3v) is 7.50. The molecule has 0 unspecified atom stereocenters. The van der Waals surface area contributed by atoms with Crippen molar-refractivity contribution in [1.82, 2.24) is 20.3 Å². The van der Waals surface area contributed by atoms with E-state index in [1.807, 2.05) is 42.5 Å². The van der Waals surface area contributed by atoms with Crippen LogP contribution in [0.15, 0.2) is 82.5 Å². The topological polar surface area (TPSA) is 84.2 Å². The van der Waals surface area contributed by atoms with E-state index in [9.17, 15) is 4.79 Å². The number of amides is 1. The fraction of sp³-hybridized carbons (Fsp3) is 0.310. The summed E-state index contributed by atoms with van der Waals surface area (Å²) in [4.78, 5) is 28.8. The van der Waals surface area contributed by atoms with Crippen molar-refractivity contribution < 1.29 is 9.21 Å². The van der Waals surface area contributed by atoms with E-state index in [4.69, 9.17) is 14.4 Å². The third kappa shape index (κ3) is 6.57. The largest absolute Gasteiger partial charge is 0.455 e. The number of rotatable bonds is 9. The molecule has 0 saturated heterocycles. The van der Waals surface area contributed by atoms with Crippen LogP contribution in [0.1, 0.15) is 54.1 Å². The lowest BCUT2D eigenvalue weighted by atomic mass is 9.94. The summed E-state index contributed by atoms with van der Waals surface area (Å²) in [7, 11) is 2.14. The maximum Gasteiger partial charge on any atom is 0.287 e. The molecule has 4 aromatic rings. The molecule has 0 spiro atoms. The van der Waals surface area contributed by atoms with E-state index < -0.39 is 0 Å². The standard InChI is InChI=1S/C29H31N5O2S/c1-34(23-13-6-3-7-14-23)27-18-25(21-10-4-2-5-11-21)32-29(33-27)37-20-24-15-16-26(36-24)28(35)31-19-22-12-8-9-17-30-22/h2,4-5,8-12,15-18,23H,3,6-7,13-14,19-20H2,1H3,(H,31,35). The highest BCUT2D eigenvalue weighted by molar-refractivity contribution is 7.98. The quantitative estimate of drug-likeness (QED) is 0.213. The average Bonchev–Trinajstić information content (AvgIpc) is 3.45. The number of pyridine rings is 1. The first-order valence-corrected chi connectivity index (χ1v) is 13.7. The molecule has 0 bridgehead atoms. The predicted molar refractivity (Wildman–Crippen MR) is 146 cm³/mol. The van der Waals surface area contributed by atoms with E-state index in [-0.39, 0.29) is 11.7 Å². The monoisotopic (exact) mass is 513 g/mol. The van der Waals surface area contributed by atoms with Gasteiger partial charge in [-0.3, -0.25) is 9.78 Å². The Kier molecular flexibility index (Phi) is 8.15. The highest BCUT2D eigenvalue weighted by Crippen LogP contribution is 2.30. The highest BCUT2D eigenvalue weighted by atomic mass is 32.2. The summed E-state index contributed by atoms with van der Waals surface area (Å²) in [5.41, 5.74) is 2.77. The Hall–Kier alpha value is -3.65. The molecule has 5 rings (SSSR count). The molecule has 1 N–H and O–H groups in total. The normalized spacial score (nSPS) is 13.9. The lowest BCUT2D eigenvalue weighted by molar-refractivity contribution is 0.0921. The van der Waals surface area contributed by atoms with Crippen LogP contribution < -0.4 is 10.2 Å². The Morgan fingerprint density at radius 3 is 2.62 bits per heavy atom. The highest BCUT2D eigenvalue weighted by Gasteiger charge is 2.21. The molecule has 8 heteroatoms. The minimum atomic E-state index is -0.263. The molecule has 1 saturated carbocycles. The summed E-state index contributed by atoms with van der Waals surface area (Å²) in [5, 5.41) is 3.54. The molecule has 1 aromatic carbocycles. The van der Waals surface area contributed by atoms with E-state index >= 15 is 0 Å². The van der Waals surface area contributed by atoms with Gasteiger partial charge in [-0.15, -0.1) is 0 Å². The lowest BCUT2D eigenvalue weighted by Crippen LogP contribution is -2.34. The number of furan rings is 1. The number of hydrogen-bond acceptors (Lipinski definition) is 7. The SMILES string of the molecule is CN(c1cc(-c2ccccc2)nc(SCc2ccc(C(=O)NCc3ccccn3)o2)n1)C1CCCCC1. The van der Waals surface area contributed by atoms with Crippen molar-refractivity contribution in [2.45, 2.75) is 55.6 Å². The summed E-state index contributed by atoms with van der Waals surface area (Å²) in [6.07, 6.45) is 7.95. The van der Waals surface area contributed by atoms with Gasteiger partial charge in [0, 0.05) is 30.9 Å². The zero-order valence-electron chi connectivity index (χ0n) is 21.0. The number of aromatic nitrogens is 3. The number of nitrogens with zero attached hydrogens (tertiary/aromatic N) is 4. The predicted octanol–water partition coefficient (Wildman–Crippen LogP) is 6.12. The van der Waals surface area contributed by atoms with Gasteiger partial charge in [0.05, 0.1) is 23.7 Å². The van der Waals surface area contributed by atoms with Crippen LogP contribution in [-0.2, 0) is 12.3 Å². The lowest BCUT2D eigenvalue weighted by Gasteiger charge is -2.32. The first-order chi connectivity index (χ1) is 18.2. The van der Waals surface area contributed by atoms with Crippen LogP contribution in [0.4, 0.5) is 5.82 Å². The van der Waals surface area contributed by atoms with Crippen LogP contribution in [-0.4, -0.2) is 33.9 Å². The molecule has 1 aliphatic rings. The smallest absolute Gasteiger partial charge is 0.287 e. The Morgan fingerprint density at radius 2 is 1.84 bits per heavy atom. The van der Waals surface area contributed by atoms with Crippen LogP contribution in [0.25, 0.3) is 11.3 Å². The zero-order chi connectivity index (χ0) is 25.5. The molecule has 0 atom stereocenters. The van der Waals surface area contributed by atoms with Crippen LogP contribution in [0, 0.1) is 0 Å². The fourth-order valence-electron chi connectivity index (χ4n) is 4.54. The van der Waals surface area contributed by atoms with Crippen molar-refractivity contribution in [3.63, 3.8) is 0 Å². The van der Waals surface area contributed by atoms with Crippen LogP contribution in [0.3, 0.4) is 0 Å². The van der Waals surface area contributed by atoms with Gasteiger partial charge >= 0.3 is 0 Å². The van der Waals surface area contributed by atoms with Gasteiger partial charge < -0.3 is 14.6 Å². The molecule has 7 nitrogen and oxygen atoms in total. The first-order valence-electron chi connectivity index (χ1n) is 12.7. The molecule has 3 heterocycles. The molecule has 0 aliphatic heterocycles. The number of benzene rings is 1. The van der Waals surface area contributed by atoms with Crippen molar-refractivity contribution in [3.05, 3.63) is 90.1 Å². The summed E-state index contributed by atoms with van der Waals surface area (Å²) >= 11 is 1.51. The molecule has 190 valence electrons. The Balaban J connectivity index is 1.28. The number of anilines is 1. The van der Waals surface area contributed by atoms with Gasteiger partial charge in [0.25, 0.3) is 5.91 Å². The van der Waals surface area contributed by atoms with E-state index in [0.717, 1.165) is 22.8 Å². The van der Waals surface area contributed by atoms with Crippen LogP contribution >= 0.6 is 11.8 Å². The van der Waals surface area contributed by atoms with Crippen LogP contribution in [0.2, 0.25) is 0 Å². The van der Waals surface area contributed by atoms with E-state index in [1.54, 1.807) is 12.3 Å². The molecule has 37 heavy (non-hydrogen) atoms. The molecular formula is C29H31N5O2S. The zero-order valence-corrected chi connectivity index (χ0v) is 21.8. The molecular weight excluding hydrogens is 482 g/mol. The summed E-state index contributed by atoms with van der Waals surface area (Å²) in [6, 6.07) is 21.9. The van der Waals surface area contributed by atoms with Crippen molar-refractivity contribution >= 4 is 23.5 Å². The van der Waals surface area contributed by atoms with Gasteiger partial charge in [0.15, 0.2) is 10.9 Å². The Labute approximate surface area is 221 Å².